The van der Waals surface area contributed by atoms with Crippen molar-refractivity contribution in [1.82, 2.24) is 15.2 Å². The molecule has 1 saturated heterocycles. The molecule has 0 radical (unpaired) electrons. The Kier molecular flexibility index (Phi) is 5.59. The molecule has 0 unspecified atom stereocenters. The van der Waals surface area contributed by atoms with Crippen LogP contribution in [-0.4, -0.2) is 43.0 Å². The smallest absolute Gasteiger partial charge is 0.226 e. The van der Waals surface area contributed by atoms with Crippen LogP contribution in [0.4, 0.5) is 0 Å². The van der Waals surface area contributed by atoms with E-state index >= 15 is 0 Å². The summed E-state index contributed by atoms with van der Waals surface area (Å²) in [5, 5.41) is 2.94. The molecule has 142 valence electrons. The number of likely N-dealkylation sites (tertiary alicyclic amines) is 1. The first-order chi connectivity index (χ1) is 13.0. The lowest BCUT2D eigenvalue weighted by Gasteiger charge is -2.24. The molecule has 0 saturated carbocycles. The van der Waals surface area contributed by atoms with Crippen LogP contribution in [0.5, 0.6) is 11.5 Å². The number of aromatic nitrogens is 1. The highest BCUT2D eigenvalue weighted by molar-refractivity contribution is 5.90. The van der Waals surface area contributed by atoms with Crippen molar-refractivity contribution in [3.05, 3.63) is 53.9 Å². The third-order valence-electron chi connectivity index (χ3n) is 4.86. The van der Waals surface area contributed by atoms with Gasteiger partial charge in [-0.15, -0.1) is 0 Å². The summed E-state index contributed by atoms with van der Waals surface area (Å²) >= 11 is 0. The third kappa shape index (κ3) is 3.86. The van der Waals surface area contributed by atoms with Gasteiger partial charge in [-0.2, -0.15) is 0 Å². The zero-order valence-electron chi connectivity index (χ0n) is 15.6. The zero-order chi connectivity index (χ0) is 19.4. The average Bonchev–Trinajstić information content (AvgIpc) is 3.01. The minimum atomic E-state index is -0.452. The number of benzene rings is 1. The van der Waals surface area contributed by atoms with E-state index in [4.69, 9.17) is 9.47 Å². The van der Waals surface area contributed by atoms with Crippen LogP contribution in [0.3, 0.4) is 0 Å². The van der Waals surface area contributed by atoms with E-state index in [0.717, 1.165) is 11.1 Å². The number of hydrogen-bond acceptors (Lipinski definition) is 5. The number of nitrogens with zero attached hydrogens (tertiary/aromatic N) is 2. The largest absolute Gasteiger partial charge is 0.493 e. The van der Waals surface area contributed by atoms with Crippen LogP contribution >= 0.6 is 0 Å². The van der Waals surface area contributed by atoms with E-state index in [-0.39, 0.29) is 24.3 Å². The third-order valence-corrected chi connectivity index (χ3v) is 4.86. The number of carbonyl (C=O) groups excluding carboxylic acids is 2. The second kappa shape index (κ2) is 8.07. The molecule has 0 bridgehead atoms. The molecule has 1 N–H and O–H groups in total. The summed E-state index contributed by atoms with van der Waals surface area (Å²) in [5.74, 6) is 0.582. The van der Waals surface area contributed by atoms with Gasteiger partial charge in [0.15, 0.2) is 11.5 Å². The normalized spacial score (nSPS) is 19.1. The van der Waals surface area contributed by atoms with Crippen LogP contribution < -0.4 is 14.8 Å². The lowest BCUT2D eigenvalue weighted by molar-refractivity contribution is -0.128. The van der Waals surface area contributed by atoms with Crippen molar-refractivity contribution >= 4 is 11.8 Å². The van der Waals surface area contributed by atoms with Gasteiger partial charge >= 0.3 is 0 Å². The molecule has 7 nitrogen and oxygen atoms in total. The second-order valence-corrected chi connectivity index (χ2v) is 6.45. The molecule has 3 rings (SSSR count). The number of carbonyl (C=O) groups is 2. The van der Waals surface area contributed by atoms with Gasteiger partial charge in [0.25, 0.3) is 0 Å². The molecular formula is C20H23N3O4. The van der Waals surface area contributed by atoms with Crippen molar-refractivity contribution in [3.8, 4) is 11.5 Å². The maximum Gasteiger partial charge on any atom is 0.226 e. The lowest BCUT2D eigenvalue weighted by Crippen LogP contribution is -2.34. The van der Waals surface area contributed by atoms with E-state index in [1.807, 2.05) is 24.3 Å². The van der Waals surface area contributed by atoms with E-state index in [9.17, 15) is 9.59 Å². The number of nitrogens with one attached hydrogen (secondary N) is 1. The molecule has 27 heavy (non-hydrogen) atoms. The SMILES string of the molecule is COc1ccc(CNC(=O)[C@H]2CC(=O)N(C)[C@H]2c2cccnc2)cc1OC. The molecule has 7 heteroatoms. The van der Waals surface area contributed by atoms with Gasteiger partial charge in [-0.3, -0.25) is 14.6 Å². The van der Waals surface area contributed by atoms with Crippen LogP contribution in [-0.2, 0) is 16.1 Å². The highest BCUT2D eigenvalue weighted by Gasteiger charge is 2.42. The predicted octanol–water partition coefficient (Wildman–Crippen LogP) is 1.93. The van der Waals surface area contributed by atoms with Gasteiger partial charge < -0.3 is 19.7 Å². The molecule has 2 amide bonds. The number of rotatable bonds is 6. The zero-order valence-corrected chi connectivity index (χ0v) is 15.6. The van der Waals surface area contributed by atoms with Crippen molar-refractivity contribution in [2.75, 3.05) is 21.3 Å². The van der Waals surface area contributed by atoms with Crippen molar-refractivity contribution in [2.24, 2.45) is 5.92 Å². The van der Waals surface area contributed by atoms with E-state index in [1.165, 1.54) is 0 Å². The standard InChI is InChI=1S/C20H23N3O4/c1-23-18(24)10-15(19(23)14-5-4-8-21-12-14)20(25)22-11-13-6-7-16(26-2)17(9-13)27-3/h4-9,12,15,19H,10-11H2,1-3H3,(H,22,25)/t15-,19-/m0/s1. The predicted molar refractivity (Wildman–Crippen MR) is 99.2 cm³/mol. The Labute approximate surface area is 158 Å². The molecule has 0 aliphatic carbocycles. The van der Waals surface area contributed by atoms with E-state index in [2.05, 4.69) is 10.3 Å². The summed E-state index contributed by atoms with van der Waals surface area (Å²) in [7, 11) is 4.87. The number of methoxy groups -OCH3 is 2. The second-order valence-electron chi connectivity index (χ2n) is 6.45. The molecule has 1 aliphatic rings. The minimum absolute atomic E-state index is 0.0462. The molecule has 2 heterocycles. The highest BCUT2D eigenvalue weighted by Crippen LogP contribution is 2.36. The monoisotopic (exact) mass is 369 g/mol. The first-order valence-corrected chi connectivity index (χ1v) is 8.69. The van der Waals surface area contributed by atoms with Gasteiger partial charge in [0.2, 0.25) is 11.8 Å². The maximum absolute atomic E-state index is 12.8. The Bertz CT molecular complexity index is 825. The van der Waals surface area contributed by atoms with E-state index in [1.54, 1.807) is 44.6 Å². The fourth-order valence-electron chi connectivity index (χ4n) is 3.42. The molecule has 1 aromatic carbocycles. The van der Waals surface area contributed by atoms with Crippen LogP contribution in [0.15, 0.2) is 42.7 Å². The van der Waals surface area contributed by atoms with Crippen LogP contribution in [0, 0.1) is 5.92 Å². The van der Waals surface area contributed by atoms with Gasteiger partial charge in [-0.25, -0.2) is 0 Å². The van der Waals surface area contributed by atoms with E-state index in [0.29, 0.717) is 18.0 Å². The van der Waals surface area contributed by atoms with Gasteiger partial charge in [-0.05, 0) is 29.3 Å². The Hall–Kier alpha value is -3.09. The van der Waals surface area contributed by atoms with Gasteiger partial charge in [0.05, 0.1) is 26.2 Å². The first-order valence-electron chi connectivity index (χ1n) is 8.69. The van der Waals surface area contributed by atoms with Crippen molar-refractivity contribution in [2.45, 2.75) is 19.0 Å². The molecule has 1 fully saturated rings. The topological polar surface area (TPSA) is 80.8 Å². The molecule has 1 aliphatic heterocycles. The van der Waals surface area contributed by atoms with Crippen molar-refractivity contribution in [3.63, 3.8) is 0 Å². The van der Waals surface area contributed by atoms with Crippen molar-refractivity contribution < 1.29 is 19.1 Å². The Morgan fingerprint density at radius 2 is 2.04 bits per heavy atom. The number of ether oxygens (including phenoxy) is 2. The number of hydrogen-bond donors (Lipinski definition) is 1. The van der Waals surface area contributed by atoms with E-state index < -0.39 is 5.92 Å². The molecule has 1 aromatic heterocycles. The Morgan fingerprint density at radius 3 is 2.70 bits per heavy atom. The average molecular weight is 369 g/mol. The summed E-state index contributed by atoms with van der Waals surface area (Å²) in [6, 6.07) is 8.88. The van der Waals surface area contributed by atoms with Gasteiger partial charge in [-0.1, -0.05) is 12.1 Å². The number of pyridine rings is 1. The Balaban J connectivity index is 1.72. The van der Waals surface area contributed by atoms with Gasteiger partial charge in [0.1, 0.15) is 0 Å². The summed E-state index contributed by atoms with van der Waals surface area (Å²) < 4.78 is 10.5. The summed E-state index contributed by atoms with van der Waals surface area (Å²) in [4.78, 5) is 30.7. The molecule has 2 aromatic rings. The summed E-state index contributed by atoms with van der Waals surface area (Å²) in [6.45, 7) is 0.341. The maximum atomic E-state index is 12.8. The van der Waals surface area contributed by atoms with Gasteiger partial charge in [0, 0.05) is 32.4 Å². The molecular weight excluding hydrogens is 346 g/mol. The lowest BCUT2D eigenvalue weighted by atomic mass is 9.94. The molecule has 0 spiro atoms. The first kappa shape index (κ1) is 18.7. The quantitative estimate of drug-likeness (QED) is 0.842. The van der Waals surface area contributed by atoms with Crippen LogP contribution in [0.1, 0.15) is 23.6 Å². The Morgan fingerprint density at radius 1 is 1.26 bits per heavy atom. The fourth-order valence-corrected chi connectivity index (χ4v) is 3.42. The number of amides is 2. The van der Waals surface area contributed by atoms with Crippen LogP contribution in [0.25, 0.3) is 0 Å². The van der Waals surface area contributed by atoms with Crippen molar-refractivity contribution in [1.29, 1.82) is 0 Å². The fraction of sp³-hybridized carbons (Fsp3) is 0.350. The highest BCUT2D eigenvalue weighted by atomic mass is 16.5. The summed E-state index contributed by atoms with van der Waals surface area (Å²) in [6.07, 6.45) is 3.56. The van der Waals surface area contributed by atoms with Crippen LogP contribution in [0.2, 0.25) is 0 Å². The summed E-state index contributed by atoms with van der Waals surface area (Å²) in [5.41, 5.74) is 1.74. The molecule has 2 atom stereocenters. The minimum Gasteiger partial charge on any atom is -0.493 e.